The predicted octanol–water partition coefficient (Wildman–Crippen LogP) is 5.07. The highest BCUT2D eigenvalue weighted by Gasteiger charge is 2.39. The van der Waals surface area contributed by atoms with Gasteiger partial charge in [0.25, 0.3) is 0 Å². The van der Waals surface area contributed by atoms with Crippen LogP contribution in [0.2, 0.25) is 0 Å². The maximum absolute atomic E-state index is 6.98. The van der Waals surface area contributed by atoms with Crippen LogP contribution in [-0.2, 0) is 10.9 Å². The summed E-state index contributed by atoms with van der Waals surface area (Å²) < 4.78 is 6.44. The monoisotopic (exact) mass is 367 g/mol. The molecular formula is C24H21BOP+. The van der Waals surface area contributed by atoms with Gasteiger partial charge in [0.05, 0.1) is 6.61 Å². The molecule has 1 atom stereocenters. The molecule has 3 heteroatoms. The Morgan fingerprint density at radius 2 is 1.26 bits per heavy atom. The summed E-state index contributed by atoms with van der Waals surface area (Å²) in [5.74, 6) is 0. The lowest BCUT2D eigenvalue weighted by molar-refractivity contribution is 0.362. The molecule has 2 radical (unpaired) electrons. The Morgan fingerprint density at radius 3 is 2.00 bits per heavy atom. The summed E-state index contributed by atoms with van der Waals surface area (Å²) >= 11 is 0. The molecule has 0 aliphatic carbocycles. The first kappa shape index (κ1) is 18.0. The molecule has 0 saturated carbocycles. The van der Waals surface area contributed by atoms with Crippen molar-refractivity contribution in [2.45, 2.75) is 6.42 Å². The van der Waals surface area contributed by atoms with E-state index in [0.717, 1.165) is 17.0 Å². The normalized spacial score (nSPS) is 13.3. The number of hydrogen-bond donors (Lipinski definition) is 0. The Kier molecular flexibility index (Phi) is 5.39. The van der Waals surface area contributed by atoms with Gasteiger partial charge in [-0.2, -0.15) is 0 Å². The van der Waals surface area contributed by atoms with Crippen LogP contribution in [0.5, 0.6) is 0 Å². The van der Waals surface area contributed by atoms with Gasteiger partial charge in [-0.3, -0.25) is 0 Å². The van der Waals surface area contributed by atoms with Crippen molar-refractivity contribution in [1.82, 2.24) is 0 Å². The van der Waals surface area contributed by atoms with E-state index in [1.165, 1.54) is 16.3 Å². The van der Waals surface area contributed by atoms with Crippen molar-refractivity contribution >= 4 is 36.3 Å². The molecule has 27 heavy (non-hydrogen) atoms. The molecule has 4 rings (SSSR count). The van der Waals surface area contributed by atoms with Crippen molar-refractivity contribution in [3.05, 3.63) is 109 Å². The highest BCUT2D eigenvalue weighted by Crippen LogP contribution is 2.53. The molecule has 0 aliphatic rings. The summed E-state index contributed by atoms with van der Waals surface area (Å²) in [7, 11) is 4.57. The molecule has 0 bridgehead atoms. The summed E-state index contributed by atoms with van der Waals surface area (Å²) in [6, 6.07) is 35.4. The van der Waals surface area contributed by atoms with Crippen LogP contribution in [0.1, 0.15) is 5.56 Å². The second-order valence-electron chi connectivity index (χ2n) is 6.59. The first-order valence-corrected chi connectivity index (χ1v) is 10.9. The highest BCUT2D eigenvalue weighted by molar-refractivity contribution is 8.05. The van der Waals surface area contributed by atoms with Crippen molar-refractivity contribution in [2.75, 3.05) is 6.61 Å². The molecule has 1 nitrogen and oxygen atoms in total. The van der Waals surface area contributed by atoms with Crippen molar-refractivity contribution in [2.24, 2.45) is 0 Å². The first-order chi connectivity index (χ1) is 13.3. The minimum atomic E-state index is -2.42. The zero-order chi connectivity index (χ0) is 18.5. The van der Waals surface area contributed by atoms with Gasteiger partial charge < -0.3 is 0 Å². The van der Waals surface area contributed by atoms with E-state index in [1.807, 2.05) is 24.3 Å². The lowest BCUT2D eigenvalue weighted by Gasteiger charge is -2.23. The van der Waals surface area contributed by atoms with E-state index in [1.54, 1.807) is 0 Å². The summed E-state index contributed by atoms with van der Waals surface area (Å²) in [6.45, 7) is 0.593. The molecule has 0 saturated heterocycles. The largest absolute Gasteiger partial charge is 0.415 e. The number of benzene rings is 4. The van der Waals surface area contributed by atoms with E-state index < -0.39 is 7.37 Å². The molecule has 0 N–H and O–H groups in total. The van der Waals surface area contributed by atoms with Crippen LogP contribution < -0.4 is 10.6 Å². The Hall–Kier alpha value is -2.41. The molecule has 0 fully saturated rings. The number of hydrogen-bond acceptors (Lipinski definition) is 1. The zero-order valence-electron chi connectivity index (χ0n) is 15.2. The van der Waals surface area contributed by atoms with Gasteiger partial charge in [0.15, 0.2) is 7.37 Å². The fourth-order valence-corrected chi connectivity index (χ4v) is 5.50. The molecule has 4 aromatic carbocycles. The summed E-state index contributed by atoms with van der Waals surface area (Å²) in [6.07, 6.45) is 0.847. The smallest absolute Gasteiger partial charge is 0.246 e. The topological polar surface area (TPSA) is 9.23 Å². The quantitative estimate of drug-likeness (QED) is 0.342. The molecule has 1 unspecified atom stereocenters. The van der Waals surface area contributed by atoms with Crippen LogP contribution in [0.25, 0.3) is 10.8 Å². The van der Waals surface area contributed by atoms with Crippen LogP contribution in [0.15, 0.2) is 103 Å². The molecule has 130 valence electrons. The average molecular weight is 367 g/mol. The standard InChI is InChI=1S/C24H21BOP/c25-27(23-13-5-2-6-14-23,26-18-17-20-9-3-1-4-10-20)24-16-15-21-11-7-8-12-22(21)19-24/h1-16,19H,17-18H2/q+1. The summed E-state index contributed by atoms with van der Waals surface area (Å²) in [5, 5.41) is 4.53. The van der Waals surface area contributed by atoms with E-state index in [-0.39, 0.29) is 0 Å². The fraction of sp³-hybridized carbons (Fsp3) is 0.0833. The van der Waals surface area contributed by atoms with Gasteiger partial charge in [-0.15, -0.1) is 0 Å². The Labute approximate surface area is 162 Å². The second-order valence-corrected chi connectivity index (χ2v) is 9.20. The van der Waals surface area contributed by atoms with Gasteiger partial charge in [0.1, 0.15) is 10.6 Å². The van der Waals surface area contributed by atoms with Gasteiger partial charge in [0, 0.05) is 0 Å². The molecule has 0 aliphatic heterocycles. The van der Waals surface area contributed by atoms with Gasteiger partial charge in [-0.25, -0.2) is 4.52 Å². The highest BCUT2D eigenvalue weighted by atomic mass is 31.2. The fourth-order valence-electron chi connectivity index (χ4n) is 3.28. The van der Waals surface area contributed by atoms with Crippen molar-refractivity contribution in [3.63, 3.8) is 0 Å². The third-order valence-electron chi connectivity index (χ3n) is 4.78. The van der Waals surface area contributed by atoms with Crippen LogP contribution in [0.3, 0.4) is 0 Å². The Bertz CT molecular complexity index is 1020. The third kappa shape index (κ3) is 3.98. The van der Waals surface area contributed by atoms with Gasteiger partial charge in [-0.05, 0) is 47.0 Å². The Morgan fingerprint density at radius 1 is 0.630 bits per heavy atom. The molecule has 0 aromatic heterocycles. The van der Waals surface area contributed by atoms with Crippen molar-refractivity contribution < 1.29 is 4.52 Å². The van der Waals surface area contributed by atoms with Crippen molar-refractivity contribution in [1.29, 1.82) is 0 Å². The van der Waals surface area contributed by atoms with Gasteiger partial charge in [0.2, 0.25) is 0 Å². The molecule has 0 heterocycles. The minimum absolute atomic E-state index is 0.593. The van der Waals surface area contributed by atoms with Gasteiger partial charge in [-0.1, -0.05) is 78.9 Å². The van der Waals surface area contributed by atoms with Crippen LogP contribution in [0.4, 0.5) is 0 Å². The number of fused-ring (bicyclic) bond motifs is 1. The maximum Gasteiger partial charge on any atom is 0.415 e. The molecule has 0 amide bonds. The molecular weight excluding hydrogens is 346 g/mol. The predicted molar refractivity (Wildman–Crippen MR) is 118 cm³/mol. The van der Waals surface area contributed by atoms with Gasteiger partial charge >= 0.3 is 7.57 Å². The SMILES string of the molecule is [B][P+](OCCc1ccccc1)(c1ccccc1)c1ccc2ccccc2c1. The van der Waals surface area contributed by atoms with Crippen LogP contribution in [0, 0.1) is 0 Å². The van der Waals surface area contributed by atoms with E-state index in [0.29, 0.717) is 6.61 Å². The zero-order valence-corrected chi connectivity index (χ0v) is 16.1. The van der Waals surface area contributed by atoms with Crippen molar-refractivity contribution in [3.8, 4) is 0 Å². The summed E-state index contributed by atoms with van der Waals surface area (Å²) in [4.78, 5) is 0. The van der Waals surface area contributed by atoms with E-state index in [9.17, 15) is 0 Å². The molecule has 0 spiro atoms. The maximum atomic E-state index is 6.98. The lowest BCUT2D eigenvalue weighted by atomic mass is 10.1. The summed E-state index contributed by atoms with van der Waals surface area (Å²) in [5.41, 5.74) is 1.26. The first-order valence-electron chi connectivity index (χ1n) is 9.17. The Balaban J connectivity index is 1.67. The minimum Gasteiger partial charge on any atom is -0.246 e. The number of rotatable bonds is 6. The van der Waals surface area contributed by atoms with E-state index in [4.69, 9.17) is 12.1 Å². The molecule has 4 aromatic rings. The third-order valence-corrected chi connectivity index (χ3v) is 7.49. The van der Waals surface area contributed by atoms with E-state index in [2.05, 4.69) is 78.9 Å². The average Bonchev–Trinajstić information content (AvgIpc) is 2.74. The van der Waals surface area contributed by atoms with Crippen LogP contribution in [-0.4, -0.2) is 14.2 Å². The lowest BCUT2D eigenvalue weighted by Crippen LogP contribution is -2.25. The second kappa shape index (κ2) is 8.09. The van der Waals surface area contributed by atoms with E-state index >= 15 is 0 Å². The van der Waals surface area contributed by atoms with Crippen LogP contribution >= 0.6 is 7.37 Å².